The molecule has 3 rings (SSSR count). The molecule has 0 atom stereocenters. The van der Waals surface area contributed by atoms with E-state index in [-0.39, 0.29) is 5.92 Å². The summed E-state index contributed by atoms with van der Waals surface area (Å²) in [4.78, 5) is 0. The van der Waals surface area contributed by atoms with Crippen molar-refractivity contribution in [3.63, 3.8) is 0 Å². The van der Waals surface area contributed by atoms with Gasteiger partial charge in [-0.2, -0.15) is 13.2 Å². The van der Waals surface area contributed by atoms with Gasteiger partial charge in [-0.25, -0.2) is 8.78 Å². The van der Waals surface area contributed by atoms with Crippen LogP contribution in [0.1, 0.15) is 81.8 Å². The van der Waals surface area contributed by atoms with Crippen molar-refractivity contribution >= 4 is 0 Å². The van der Waals surface area contributed by atoms with Crippen LogP contribution in [0.2, 0.25) is 0 Å². The summed E-state index contributed by atoms with van der Waals surface area (Å²) < 4.78 is 65.8. The van der Waals surface area contributed by atoms with E-state index < -0.39 is 23.4 Å². The van der Waals surface area contributed by atoms with Crippen LogP contribution in [0.3, 0.4) is 0 Å². The van der Waals surface area contributed by atoms with Crippen LogP contribution in [0.5, 0.6) is 0 Å². The highest BCUT2D eigenvalue weighted by Crippen LogP contribution is 2.45. The van der Waals surface area contributed by atoms with Gasteiger partial charge >= 0.3 is 6.18 Å². The second kappa shape index (κ2) is 7.85. The van der Waals surface area contributed by atoms with E-state index in [1.54, 1.807) is 0 Å². The van der Waals surface area contributed by atoms with E-state index in [9.17, 15) is 22.0 Å². The molecule has 1 aromatic carbocycles. The zero-order chi connectivity index (χ0) is 18.9. The highest BCUT2D eigenvalue weighted by molar-refractivity contribution is 5.30. The summed E-state index contributed by atoms with van der Waals surface area (Å²) >= 11 is 0. The monoisotopic (exact) mass is 374 g/mol. The lowest BCUT2D eigenvalue weighted by Crippen LogP contribution is -2.25. The minimum atomic E-state index is -5.00. The molecule has 2 aliphatic carbocycles. The van der Waals surface area contributed by atoms with Gasteiger partial charge in [0.25, 0.3) is 0 Å². The number of hydrogen-bond acceptors (Lipinski definition) is 0. The largest absolute Gasteiger partial charge is 0.422 e. The van der Waals surface area contributed by atoms with Gasteiger partial charge in [-0.1, -0.05) is 26.2 Å². The predicted octanol–water partition coefficient (Wildman–Crippen LogP) is 7.47. The van der Waals surface area contributed by atoms with Crippen LogP contribution in [0.15, 0.2) is 12.1 Å². The molecule has 0 spiro atoms. The third kappa shape index (κ3) is 4.23. The molecule has 2 aliphatic rings. The third-order valence-electron chi connectivity index (χ3n) is 6.73. The molecule has 0 bridgehead atoms. The second-order valence-corrected chi connectivity index (χ2v) is 8.16. The lowest BCUT2D eigenvalue weighted by molar-refractivity contribution is -0.142. The van der Waals surface area contributed by atoms with Crippen molar-refractivity contribution < 1.29 is 22.0 Å². The van der Waals surface area contributed by atoms with Gasteiger partial charge in [-0.05, 0) is 79.9 Å². The van der Waals surface area contributed by atoms with E-state index in [1.165, 1.54) is 32.1 Å². The summed E-state index contributed by atoms with van der Waals surface area (Å²) in [6.45, 7) is 2.25. The topological polar surface area (TPSA) is 0 Å². The first kappa shape index (κ1) is 19.6. The van der Waals surface area contributed by atoms with Crippen molar-refractivity contribution in [1.82, 2.24) is 0 Å². The van der Waals surface area contributed by atoms with Crippen molar-refractivity contribution in [2.24, 2.45) is 17.8 Å². The maximum Gasteiger partial charge on any atom is 0.422 e. The molecule has 0 aromatic heterocycles. The predicted molar refractivity (Wildman–Crippen MR) is 91.8 cm³/mol. The lowest BCUT2D eigenvalue weighted by atomic mass is 9.68. The number of benzene rings is 1. The Morgan fingerprint density at radius 1 is 0.808 bits per heavy atom. The van der Waals surface area contributed by atoms with E-state index in [1.807, 2.05) is 0 Å². The summed E-state index contributed by atoms with van der Waals surface area (Å²) in [5.41, 5.74) is -1.40. The summed E-state index contributed by atoms with van der Waals surface area (Å²) in [5, 5.41) is 0. The Bertz CT molecular complexity index is 582. The zero-order valence-electron chi connectivity index (χ0n) is 15.2. The Balaban J connectivity index is 1.62. The Morgan fingerprint density at radius 2 is 1.27 bits per heavy atom. The molecule has 146 valence electrons. The standard InChI is InChI=1S/C21H27F5/c1-2-13-3-5-14(6-4-13)15-7-9-16(10-8-15)17-11-18(22)20(19(23)12-17)21(24,25)26/h11-16H,2-10H2,1H3. The van der Waals surface area contributed by atoms with Gasteiger partial charge in [0.2, 0.25) is 0 Å². The first-order chi connectivity index (χ1) is 12.3. The Labute approximate surface area is 152 Å². The molecule has 0 heterocycles. The normalized spacial score (nSPS) is 30.4. The molecular formula is C21H27F5. The summed E-state index contributed by atoms with van der Waals surface area (Å²) in [5.74, 6) is -0.752. The van der Waals surface area contributed by atoms with Crippen molar-refractivity contribution in [2.45, 2.75) is 76.8 Å². The fourth-order valence-corrected chi connectivity index (χ4v) is 5.09. The number of hydrogen-bond donors (Lipinski definition) is 0. The number of alkyl halides is 3. The van der Waals surface area contributed by atoms with E-state index >= 15 is 0 Å². The van der Waals surface area contributed by atoms with E-state index in [0.29, 0.717) is 11.5 Å². The summed E-state index contributed by atoms with van der Waals surface area (Å²) in [7, 11) is 0. The zero-order valence-corrected chi connectivity index (χ0v) is 15.2. The number of halogens is 5. The average Bonchev–Trinajstić information content (AvgIpc) is 2.60. The summed E-state index contributed by atoms with van der Waals surface area (Å²) in [6, 6.07) is 1.78. The first-order valence-corrected chi connectivity index (χ1v) is 9.85. The van der Waals surface area contributed by atoms with Gasteiger partial charge in [0.15, 0.2) is 0 Å². The average molecular weight is 374 g/mol. The fraction of sp³-hybridized carbons (Fsp3) is 0.714. The minimum absolute atomic E-state index is 0.0375. The van der Waals surface area contributed by atoms with Crippen molar-refractivity contribution in [2.75, 3.05) is 0 Å². The molecule has 1 aromatic rings. The van der Waals surface area contributed by atoms with Gasteiger partial charge in [0.1, 0.15) is 17.2 Å². The minimum Gasteiger partial charge on any atom is -0.206 e. The third-order valence-corrected chi connectivity index (χ3v) is 6.73. The van der Waals surface area contributed by atoms with Gasteiger partial charge in [0.05, 0.1) is 0 Å². The van der Waals surface area contributed by atoms with Gasteiger partial charge in [-0.15, -0.1) is 0 Å². The molecule has 0 saturated heterocycles. The Morgan fingerprint density at radius 3 is 1.69 bits per heavy atom. The van der Waals surface area contributed by atoms with Crippen LogP contribution in [0.25, 0.3) is 0 Å². The highest BCUT2D eigenvalue weighted by Gasteiger charge is 2.38. The maximum atomic E-state index is 13.8. The molecule has 26 heavy (non-hydrogen) atoms. The second-order valence-electron chi connectivity index (χ2n) is 8.16. The van der Waals surface area contributed by atoms with E-state index in [2.05, 4.69) is 6.92 Å². The molecule has 0 N–H and O–H groups in total. The molecule has 5 heteroatoms. The maximum absolute atomic E-state index is 13.8. The molecule has 0 radical (unpaired) electrons. The first-order valence-electron chi connectivity index (χ1n) is 9.85. The molecule has 0 unspecified atom stereocenters. The van der Waals surface area contributed by atoms with E-state index in [4.69, 9.17) is 0 Å². The van der Waals surface area contributed by atoms with Crippen LogP contribution in [0, 0.1) is 29.4 Å². The van der Waals surface area contributed by atoms with Crippen LogP contribution < -0.4 is 0 Å². The van der Waals surface area contributed by atoms with Crippen LogP contribution in [0.4, 0.5) is 22.0 Å². The van der Waals surface area contributed by atoms with Gasteiger partial charge in [-0.3, -0.25) is 0 Å². The van der Waals surface area contributed by atoms with Gasteiger partial charge < -0.3 is 0 Å². The molecule has 0 nitrogen and oxygen atoms in total. The molecular weight excluding hydrogens is 347 g/mol. The SMILES string of the molecule is CCC1CCC(C2CCC(c3cc(F)c(C(F)(F)F)c(F)c3)CC2)CC1. The van der Waals surface area contributed by atoms with Crippen molar-refractivity contribution in [1.29, 1.82) is 0 Å². The van der Waals surface area contributed by atoms with Crippen molar-refractivity contribution in [3.8, 4) is 0 Å². The van der Waals surface area contributed by atoms with Gasteiger partial charge in [0, 0.05) is 0 Å². The lowest BCUT2D eigenvalue weighted by Gasteiger charge is -2.38. The molecule has 2 fully saturated rings. The van der Waals surface area contributed by atoms with Crippen LogP contribution in [-0.2, 0) is 6.18 Å². The van der Waals surface area contributed by atoms with Crippen LogP contribution in [-0.4, -0.2) is 0 Å². The van der Waals surface area contributed by atoms with Crippen LogP contribution >= 0.6 is 0 Å². The molecule has 2 saturated carbocycles. The Hall–Kier alpha value is -1.13. The van der Waals surface area contributed by atoms with Crippen molar-refractivity contribution in [3.05, 3.63) is 34.9 Å². The quantitative estimate of drug-likeness (QED) is 0.481. The fourth-order valence-electron chi connectivity index (χ4n) is 5.09. The Kier molecular flexibility index (Phi) is 5.93. The molecule has 0 amide bonds. The molecule has 0 aliphatic heterocycles. The summed E-state index contributed by atoms with van der Waals surface area (Å²) in [6.07, 6.45) is 5.05. The van der Waals surface area contributed by atoms with E-state index in [0.717, 1.165) is 49.7 Å². The highest BCUT2D eigenvalue weighted by atomic mass is 19.4. The number of rotatable bonds is 3. The smallest absolute Gasteiger partial charge is 0.206 e.